The predicted molar refractivity (Wildman–Crippen MR) is 118 cm³/mol. The molecule has 0 aliphatic rings. The number of carbonyl (C=O) groups is 1. The van der Waals surface area contributed by atoms with Crippen LogP contribution in [-0.2, 0) is 17.8 Å². The first kappa shape index (κ1) is 20.3. The lowest BCUT2D eigenvalue weighted by Gasteiger charge is -2.11. The van der Waals surface area contributed by atoms with Gasteiger partial charge in [-0.1, -0.05) is 18.2 Å². The molecule has 7 nitrogen and oxygen atoms in total. The summed E-state index contributed by atoms with van der Waals surface area (Å²) in [6.07, 6.45) is 4.09. The quantitative estimate of drug-likeness (QED) is 0.467. The summed E-state index contributed by atoms with van der Waals surface area (Å²) in [5.41, 5.74) is 3.19. The number of nitrogens with one attached hydrogen (secondary N) is 1. The zero-order valence-electron chi connectivity index (χ0n) is 17.4. The summed E-state index contributed by atoms with van der Waals surface area (Å²) in [6, 6.07) is 18.6. The van der Waals surface area contributed by atoms with Crippen LogP contribution in [0.4, 0.5) is 5.69 Å². The Morgan fingerprint density at radius 1 is 1.00 bits per heavy atom. The predicted octanol–water partition coefficient (Wildman–Crippen LogP) is 4.11. The maximum absolute atomic E-state index is 12.5. The number of ether oxygens (including phenoxy) is 3. The Morgan fingerprint density at radius 2 is 1.87 bits per heavy atom. The molecule has 0 radical (unpaired) electrons. The van der Waals surface area contributed by atoms with E-state index in [0.29, 0.717) is 29.5 Å². The Bertz CT molecular complexity index is 1170. The highest BCUT2D eigenvalue weighted by Gasteiger charge is 2.09. The van der Waals surface area contributed by atoms with Gasteiger partial charge in [0.25, 0.3) is 0 Å². The van der Waals surface area contributed by atoms with Gasteiger partial charge >= 0.3 is 0 Å². The van der Waals surface area contributed by atoms with Gasteiger partial charge in [-0.15, -0.1) is 0 Å². The van der Waals surface area contributed by atoms with Crippen LogP contribution >= 0.6 is 0 Å². The molecule has 0 aliphatic carbocycles. The van der Waals surface area contributed by atoms with E-state index in [1.54, 1.807) is 32.4 Å². The minimum Gasteiger partial charge on any atom is -0.493 e. The van der Waals surface area contributed by atoms with Gasteiger partial charge < -0.3 is 23.9 Å². The number of pyridine rings is 1. The molecule has 0 aliphatic heterocycles. The van der Waals surface area contributed by atoms with Crippen molar-refractivity contribution in [3.63, 3.8) is 0 Å². The summed E-state index contributed by atoms with van der Waals surface area (Å²) >= 11 is 0. The average molecular weight is 417 g/mol. The number of benzene rings is 2. The minimum atomic E-state index is -0.135. The number of imidazole rings is 1. The molecule has 2 heterocycles. The minimum absolute atomic E-state index is 0.135. The first-order valence-electron chi connectivity index (χ1n) is 9.81. The number of nitrogens with zero attached hydrogens (tertiary/aromatic N) is 2. The van der Waals surface area contributed by atoms with Crippen molar-refractivity contribution >= 4 is 17.2 Å². The molecular weight excluding hydrogens is 394 g/mol. The Balaban J connectivity index is 1.37. The van der Waals surface area contributed by atoms with Gasteiger partial charge in [-0.25, -0.2) is 4.98 Å². The van der Waals surface area contributed by atoms with Gasteiger partial charge in [-0.2, -0.15) is 0 Å². The summed E-state index contributed by atoms with van der Waals surface area (Å²) in [5, 5.41) is 2.91. The summed E-state index contributed by atoms with van der Waals surface area (Å²) < 4.78 is 18.3. The van der Waals surface area contributed by atoms with Crippen molar-refractivity contribution in [2.45, 2.75) is 13.0 Å². The molecule has 2 aromatic heterocycles. The lowest BCUT2D eigenvalue weighted by Crippen LogP contribution is -2.14. The summed E-state index contributed by atoms with van der Waals surface area (Å²) in [6.45, 7) is 0.338. The second kappa shape index (κ2) is 9.21. The van der Waals surface area contributed by atoms with E-state index in [4.69, 9.17) is 14.2 Å². The molecule has 1 N–H and O–H groups in total. The molecular formula is C24H23N3O4. The number of carbonyl (C=O) groups excluding carboxylic acids is 1. The summed E-state index contributed by atoms with van der Waals surface area (Å²) in [5.74, 6) is 1.74. The third-order valence-corrected chi connectivity index (χ3v) is 4.73. The number of hydrogen-bond donors (Lipinski definition) is 1. The topological polar surface area (TPSA) is 74.1 Å². The number of fused-ring (bicyclic) bond motifs is 1. The Labute approximate surface area is 180 Å². The van der Waals surface area contributed by atoms with Gasteiger partial charge in [-0.05, 0) is 42.0 Å². The van der Waals surface area contributed by atoms with E-state index < -0.39 is 0 Å². The van der Waals surface area contributed by atoms with Gasteiger partial charge in [-0.3, -0.25) is 4.79 Å². The van der Waals surface area contributed by atoms with E-state index in [1.165, 1.54) is 0 Å². The number of methoxy groups -OCH3 is 2. The first-order chi connectivity index (χ1) is 15.1. The lowest BCUT2D eigenvalue weighted by atomic mass is 10.1. The maximum atomic E-state index is 12.5. The van der Waals surface area contributed by atoms with Gasteiger partial charge in [0.1, 0.15) is 18.0 Å². The van der Waals surface area contributed by atoms with Crippen molar-refractivity contribution in [3.8, 4) is 17.2 Å². The molecule has 4 aromatic rings. The smallest absolute Gasteiger partial charge is 0.228 e. The Hall–Kier alpha value is -4.00. The second-order valence-electron chi connectivity index (χ2n) is 6.93. The van der Waals surface area contributed by atoms with Crippen molar-refractivity contribution in [2.24, 2.45) is 0 Å². The highest BCUT2D eigenvalue weighted by Crippen LogP contribution is 2.28. The highest BCUT2D eigenvalue weighted by molar-refractivity contribution is 5.92. The molecule has 7 heteroatoms. The highest BCUT2D eigenvalue weighted by atomic mass is 16.5. The third kappa shape index (κ3) is 4.95. The average Bonchev–Trinajstić information content (AvgIpc) is 3.21. The number of aromatic nitrogens is 2. The molecule has 0 bridgehead atoms. The monoisotopic (exact) mass is 417 g/mol. The molecule has 31 heavy (non-hydrogen) atoms. The number of rotatable bonds is 8. The van der Waals surface area contributed by atoms with Crippen LogP contribution in [0, 0.1) is 0 Å². The van der Waals surface area contributed by atoms with E-state index >= 15 is 0 Å². The zero-order chi connectivity index (χ0) is 21.6. The van der Waals surface area contributed by atoms with Gasteiger partial charge in [0.2, 0.25) is 5.91 Å². The molecule has 0 atom stereocenters. The molecule has 4 rings (SSSR count). The first-order valence-corrected chi connectivity index (χ1v) is 9.81. The van der Waals surface area contributed by atoms with Gasteiger partial charge in [0.05, 0.1) is 26.3 Å². The van der Waals surface area contributed by atoms with Gasteiger partial charge in [0, 0.05) is 24.1 Å². The molecule has 0 fully saturated rings. The Kier molecular flexibility index (Phi) is 6.03. The van der Waals surface area contributed by atoms with Crippen LogP contribution in [0.3, 0.4) is 0 Å². The second-order valence-corrected chi connectivity index (χ2v) is 6.93. The van der Waals surface area contributed by atoms with Crippen molar-refractivity contribution in [2.75, 3.05) is 19.5 Å². The molecule has 158 valence electrons. The summed E-state index contributed by atoms with van der Waals surface area (Å²) in [4.78, 5) is 17.0. The van der Waals surface area contributed by atoms with Crippen molar-refractivity contribution < 1.29 is 19.0 Å². The van der Waals surface area contributed by atoms with E-state index in [0.717, 1.165) is 16.9 Å². The van der Waals surface area contributed by atoms with Crippen LogP contribution in [0.2, 0.25) is 0 Å². The van der Waals surface area contributed by atoms with E-state index in [9.17, 15) is 4.79 Å². The summed E-state index contributed by atoms with van der Waals surface area (Å²) in [7, 11) is 3.15. The van der Waals surface area contributed by atoms with Crippen molar-refractivity contribution in [3.05, 3.63) is 84.3 Å². The fraction of sp³-hybridized carbons (Fsp3) is 0.167. The van der Waals surface area contributed by atoms with Crippen LogP contribution < -0.4 is 19.5 Å². The molecule has 0 saturated carbocycles. The lowest BCUT2D eigenvalue weighted by molar-refractivity contribution is -0.115. The van der Waals surface area contributed by atoms with E-state index in [2.05, 4.69) is 10.3 Å². The number of anilines is 1. The van der Waals surface area contributed by atoms with Gasteiger partial charge in [0.15, 0.2) is 11.5 Å². The molecule has 0 spiro atoms. The normalized spacial score (nSPS) is 10.6. The Morgan fingerprint density at radius 3 is 2.68 bits per heavy atom. The van der Waals surface area contributed by atoms with Crippen LogP contribution in [0.1, 0.15) is 11.3 Å². The molecule has 1 amide bonds. The molecule has 2 aromatic carbocycles. The number of amides is 1. The molecule has 0 saturated heterocycles. The number of hydrogen-bond acceptors (Lipinski definition) is 5. The van der Waals surface area contributed by atoms with Crippen LogP contribution in [0.15, 0.2) is 73.1 Å². The van der Waals surface area contributed by atoms with E-state index in [-0.39, 0.29) is 12.3 Å². The maximum Gasteiger partial charge on any atom is 0.228 e. The molecule has 0 unspecified atom stereocenters. The largest absolute Gasteiger partial charge is 0.493 e. The SMILES string of the molecule is COc1ccc(CC(=O)Nc2cccc(OCc3cn4ccccc4n3)c2)cc1OC. The van der Waals surface area contributed by atoms with Crippen molar-refractivity contribution in [1.82, 2.24) is 9.38 Å². The standard InChI is InChI=1S/C24H23N3O4/c1-29-21-10-9-17(12-22(21)30-2)13-24(28)26-18-6-5-7-20(14-18)31-16-19-15-27-11-4-3-8-23(27)25-19/h3-12,14-15H,13,16H2,1-2H3,(H,26,28). The van der Waals surface area contributed by atoms with Crippen LogP contribution in [0.25, 0.3) is 5.65 Å². The van der Waals surface area contributed by atoms with Crippen LogP contribution in [0.5, 0.6) is 17.2 Å². The fourth-order valence-electron chi connectivity index (χ4n) is 3.26. The third-order valence-electron chi connectivity index (χ3n) is 4.73. The van der Waals surface area contributed by atoms with Crippen LogP contribution in [-0.4, -0.2) is 29.5 Å². The fourth-order valence-corrected chi connectivity index (χ4v) is 3.26. The zero-order valence-corrected chi connectivity index (χ0v) is 17.4. The van der Waals surface area contributed by atoms with Crippen molar-refractivity contribution in [1.29, 1.82) is 0 Å². The van der Waals surface area contributed by atoms with E-state index in [1.807, 2.05) is 59.3 Å².